The van der Waals surface area contributed by atoms with Crippen LogP contribution in [0.4, 0.5) is 0 Å². The highest BCUT2D eigenvalue weighted by atomic mass is 16.4. The molecular formula is C10H19N3O3. The second-order valence-electron chi connectivity index (χ2n) is 4.29. The molecule has 0 saturated carbocycles. The molecule has 1 aliphatic heterocycles. The van der Waals surface area contributed by atoms with Crippen LogP contribution in [0.15, 0.2) is 0 Å². The highest BCUT2D eigenvalue weighted by molar-refractivity contribution is 5.86. The van der Waals surface area contributed by atoms with E-state index in [1.165, 1.54) is 0 Å². The first kappa shape index (κ1) is 12.9. The largest absolute Gasteiger partial charge is 0.481 e. The van der Waals surface area contributed by atoms with Crippen LogP contribution in [0.3, 0.4) is 0 Å². The maximum absolute atomic E-state index is 11.5. The summed E-state index contributed by atoms with van der Waals surface area (Å²) in [5.41, 5.74) is 5.46. The fourth-order valence-electron chi connectivity index (χ4n) is 1.74. The zero-order valence-corrected chi connectivity index (χ0v) is 9.48. The maximum atomic E-state index is 11.5. The molecule has 1 amide bonds. The number of nitrogens with two attached hydrogens (primary N) is 1. The third kappa shape index (κ3) is 4.16. The van der Waals surface area contributed by atoms with Crippen molar-refractivity contribution in [3.05, 3.63) is 0 Å². The number of carboxylic acids is 1. The summed E-state index contributed by atoms with van der Waals surface area (Å²) in [4.78, 5) is 24.1. The minimum atomic E-state index is -1.05. The van der Waals surface area contributed by atoms with Crippen molar-refractivity contribution in [3.8, 4) is 0 Å². The second-order valence-corrected chi connectivity index (χ2v) is 4.29. The predicted molar refractivity (Wildman–Crippen MR) is 58.9 cm³/mol. The molecule has 6 nitrogen and oxygen atoms in total. The molecule has 0 radical (unpaired) electrons. The van der Waals surface area contributed by atoms with E-state index in [0.717, 1.165) is 25.9 Å². The van der Waals surface area contributed by atoms with E-state index in [1.807, 2.05) is 7.05 Å². The molecule has 92 valence electrons. The highest BCUT2D eigenvalue weighted by Crippen LogP contribution is 2.08. The average molecular weight is 229 g/mol. The first-order valence-corrected chi connectivity index (χ1v) is 5.45. The van der Waals surface area contributed by atoms with Gasteiger partial charge in [-0.25, -0.2) is 0 Å². The minimum Gasteiger partial charge on any atom is -0.481 e. The van der Waals surface area contributed by atoms with Gasteiger partial charge in [0.1, 0.15) is 0 Å². The number of carbonyl (C=O) groups is 2. The molecule has 0 aliphatic carbocycles. The molecule has 1 atom stereocenters. The van der Waals surface area contributed by atoms with Crippen LogP contribution in [-0.4, -0.2) is 54.1 Å². The number of hydrogen-bond donors (Lipinski definition) is 3. The molecule has 1 rings (SSSR count). The molecule has 1 unspecified atom stereocenters. The lowest BCUT2D eigenvalue weighted by Crippen LogP contribution is -2.49. The molecule has 6 heteroatoms. The van der Waals surface area contributed by atoms with E-state index in [-0.39, 0.29) is 18.4 Å². The monoisotopic (exact) mass is 229 g/mol. The standard InChI is InChI=1S/C10H19N3O3/c1-13-4-2-7(3-5-13)12-10(16)8(11)6-9(14)15/h7-8H,2-6,11H2,1H3,(H,12,16)(H,14,15). The average Bonchev–Trinajstić information content (AvgIpc) is 2.20. The molecule has 0 aromatic rings. The van der Waals surface area contributed by atoms with Crippen LogP contribution in [-0.2, 0) is 9.59 Å². The molecule has 1 heterocycles. The Bertz CT molecular complexity index is 262. The summed E-state index contributed by atoms with van der Waals surface area (Å²) in [7, 11) is 2.04. The summed E-state index contributed by atoms with van der Waals surface area (Å²) < 4.78 is 0. The molecule has 0 spiro atoms. The number of likely N-dealkylation sites (tertiary alicyclic amines) is 1. The van der Waals surface area contributed by atoms with Crippen LogP contribution in [0.25, 0.3) is 0 Å². The molecule has 4 N–H and O–H groups in total. The van der Waals surface area contributed by atoms with Gasteiger partial charge in [-0.1, -0.05) is 0 Å². The van der Waals surface area contributed by atoms with Crippen molar-refractivity contribution in [3.63, 3.8) is 0 Å². The summed E-state index contributed by atoms with van der Waals surface area (Å²) in [6, 6.07) is -0.819. The molecule has 1 saturated heterocycles. The van der Waals surface area contributed by atoms with Crippen molar-refractivity contribution in [2.75, 3.05) is 20.1 Å². The fraction of sp³-hybridized carbons (Fsp3) is 0.800. The molecule has 0 bridgehead atoms. The van der Waals surface area contributed by atoms with Crippen LogP contribution < -0.4 is 11.1 Å². The lowest BCUT2D eigenvalue weighted by Gasteiger charge is -2.30. The minimum absolute atomic E-state index is 0.128. The van der Waals surface area contributed by atoms with Gasteiger partial charge in [-0.3, -0.25) is 9.59 Å². The summed E-state index contributed by atoms with van der Waals surface area (Å²) in [6.45, 7) is 1.89. The van der Waals surface area contributed by atoms with Crippen LogP contribution in [0.5, 0.6) is 0 Å². The van der Waals surface area contributed by atoms with Gasteiger partial charge < -0.3 is 21.1 Å². The van der Waals surface area contributed by atoms with Crippen LogP contribution in [0.1, 0.15) is 19.3 Å². The first-order valence-electron chi connectivity index (χ1n) is 5.45. The van der Waals surface area contributed by atoms with Crippen LogP contribution in [0, 0.1) is 0 Å². The second kappa shape index (κ2) is 5.81. The summed E-state index contributed by atoms with van der Waals surface area (Å²) in [5.74, 6) is -1.41. The number of rotatable bonds is 4. The number of carboxylic acid groups (broad SMARTS) is 1. The number of carbonyl (C=O) groups excluding carboxylic acids is 1. The maximum Gasteiger partial charge on any atom is 0.305 e. The Morgan fingerprint density at radius 2 is 2.06 bits per heavy atom. The van der Waals surface area contributed by atoms with E-state index < -0.39 is 12.0 Å². The number of nitrogens with one attached hydrogen (secondary N) is 1. The molecule has 0 aromatic heterocycles. The van der Waals surface area contributed by atoms with E-state index in [4.69, 9.17) is 10.8 Å². The van der Waals surface area contributed by atoms with Gasteiger partial charge in [-0.15, -0.1) is 0 Å². The number of amides is 1. The number of aliphatic carboxylic acids is 1. The van der Waals surface area contributed by atoms with E-state index in [2.05, 4.69) is 10.2 Å². The molecule has 0 aromatic carbocycles. The van der Waals surface area contributed by atoms with Crippen LogP contribution >= 0.6 is 0 Å². The van der Waals surface area contributed by atoms with Gasteiger partial charge in [0.05, 0.1) is 12.5 Å². The zero-order valence-electron chi connectivity index (χ0n) is 9.48. The van der Waals surface area contributed by atoms with Gasteiger partial charge >= 0.3 is 5.97 Å². The highest BCUT2D eigenvalue weighted by Gasteiger charge is 2.22. The van der Waals surface area contributed by atoms with E-state index >= 15 is 0 Å². The van der Waals surface area contributed by atoms with Crippen LogP contribution in [0.2, 0.25) is 0 Å². The van der Waals surface area contributed by atoms with Crippen molar-refractivity contribution in [2.45, 2.75) is 31.3 Å². The Labute approximate surface area is 94.8 Å². The lowest BCUT2D eigenvalue weighted by molar-refractivity contribution is -0.139. The van der Waals surface area contributed by atoms with Gasteiger partial charge in [0.15, 0.2) is 0 Å². The Morgan fingerprint density at radius 3 is 2.56 bits per heavy atom. The van der Waals surface area contributed by atoms with Crippen molar-refractivity contribution >= 4 is 11.9 Å². The summed E-state index contributed by atoms with van der Waals surface area (Å²) in [5, 5.41) is 11.3. The third-order valence-electron chi connectivity index (χ3n) is 2.80. The molecule has 16 heavy (non-hydrogen) atoms. The number of piperidine rings is 1. The van der Waals surface area contributed by atoms with Gasteiger partial charge in [0, 0.05) is 6.04 Å². The Balaban J connectivity index is 2.31. The van der Waals surface area contributed by atoms with Crippen molar-refractivity contribution in [1.82, 2.24) is 10.2 Å². The van der Waals surface area contributed by atoms with Crippen molar-refractivity contribution in [2.24, 2.45) is 5.73 Å². The smallest absolute Gasteiger partial charge is 0.305 e. The third-order valence-corrected chi connectivity index (χ3v) is 2.80. The molecule has 1 fully saturated rings. The summed E-state index contributed by atoms with van der Waals surface area (Å²) >= 11 is 0. The molecule has 1 aliphatic rings. The summed E-state index contributed by atoms with van der Waals surface area (Å²) in [6.07, 6.45) is 1.46. The fourth-order valence-corrected chi connectivity index (χ4v) is 1.74. The zero-order chi connectivity index (χ0) is 12.1. The number of nitrogens with zero attached hydrogens (tertiary/aromatic N) is 1. The van der Waals surface area contributed by atoms with Crippen molar-refractivity contribution in [1.29, 1.82) is 0 Å². The molecular weight excluding hydrogens is 210 g/mol. The lowest BCUT2D eigenvalue weighted by atomic mass is 10.0. The van der Waals surface area contributed by atoms with E-state index in [1.54, 1.807) is 0 Å². The van der Waals surface area contributed by atoms with Gasteiger partial charge in [0.25, 0.3) is 0 Å². The van der Waals surface area contributed by atoms with Gasteiger partial charge in [-0.2, -0.15) is 0 Å². The first-order chi connectivity index (χ1) is 7.49. The van der Waals surface area contributed by atoms with Gasteiger partial charge in [0.2, 0.25) is 5.91 Å². The normalized spacial score (nSPS) is 20.4. The Kier molecular flexibility index (Phi) is 4.70. The van der Waals surface area contributed by atoms with E-state index in [9.17, 15) is 9.59 Å². The topological polar surface area (TPSA) is 95.7 Å². The predicted octanol–water partition coefficient (Wildman–Crippen LogP) is -1.00. The van der Waals surface area contributed by atoms with Gasteiger partial charge in [-0.05, 0) is 33.0 Å². The van der Waals surface area contributed by atoms with Crippen molar-refractivity contribution < 1.29 is 14.7 Å². The Hall–Kier alpha value is -1.14. The quantitative estimate of drug-likeness (QED) is 0.574. The number of hydrogen-bond acceptors (Lipinski definition) is 4. The SMILES string of the molecule is CN1CCC(NC(=O)C(N)CC(=O)O)CC1. The van der Waals surface area contributed by atoms with E-state index in [0.29, 0.717) is 0 Å². The Morgan fingerprint density at radius 1 is 1.50 bits per heavy atom.